The maximum absolute atomic E-state index is 11.7. The summed E-state index contributed by atoms with van der Waals surface area (Å²) in [4.78, 5) is 11.7. The predicted octanol–water partition coefficient (Wildman–Crippen LogP) is 1.44. The first-order valence-electron chi connectivity index (χ1n) is 5.03. The van der Waals surface area contributed by atoms with Crippen molar-refractivity contribution >= 4 is 11.0 Å². The van der Waals surface area contributed by atoms with Gasteiger partial charge in [-0.2, -0.15) is 0 Å². The molecule has 0 aliphatic carbocycles. The molecule has 82 valence electrons. The first-order valence-corrected chi connectivity index (χ1v) is 5.03. The molecular formula is C12H10O4. The second kappa shape index (κ2) is 2.86. The van der Waals surface area contributed by atoms with Gasteiger partial charge in [-0.3, -0.25) is 0 Å². The van der Waals surface area contributed by atoms with E-state index in [0.717, 1.165) is 5.39 Å². The molecular weight excluding hydrogens is 208 g/mol. The van der Waals surface area contributed by atoms with Crippen LogP contribution in [0, 0.1) is 0 Å². The van der Waals surface area contributed by atoms with Gasteiger partial charge in [0, 0.05) is 13.3 Å². The Kier molecular flexibility index (Phi) is 1.68. The van der Waals surface area contributed by atoms with Crippen molar-refractivity contribution in [3.8, 4) is 5.75 Å². The van der Waals surface area contributed by atoms with Crippen molar-refractivity contribution in [2.24, 2.45) is 0 Å². The summed E-state index contributed by atoms with van der Waals surface area (Å²) in [6.07, 6.45) is 0.162. The van der Waals surface area contributed by atoms with Gasteiger partial charge in [0.15, 0.2) is 0 Å². The van der Waals surface area contributed by atoms with Gasteiger partial charge in [-0.1, -0.05) is 12.1 Å². The molecule has 0 saturated heterocycles. The van der Waals surface area contributed by atoms with Crippen LogP contribution in [0.2, 0.25) is 0 Å². The van der Waals surface area contributed by atoms with Crippen molar-refractivity contribution in [1.29, 1.82) is 0 Å². The molecule has 1 aromatic heterocycles. The molecule has 4 nitrogen and oxygen atoms in total. The van der Waals surface area contributed by atoms with Crippen molar-refractivity contribution in [3.05, 3.63) is 40.2 Å². The summed E-state index contributed by atoms with van der Waals surface area (Å²) in [7, 11) is 0. The van der Waals surface area contributed by atoms with Crippen LogP contribution in [0.4, 0.5) is 0 Å². The van der Waals surface area contributed by atoms with E-state index in [-0.39, 0.29) is 6.42 Å². The average molecular weight is 218 g/mol. The zero-order valence-electron chi connectivity index (χ0n) is 8.69. The summed E-state index contributed by atoms with van der Waals surface area (Å²) in [5.74, 6) is -0.877. The van der Waals surface area contributed by atoms with Gasteiger partial charge in [0.2, 0.25) is 5.79 Å². The maximum atomic E-state index is 11.7. The fraction of sp³-hybridized carbons (Fsp3) is 0.250. The monoisotopic (exact) mass is 218 g/mol. The molecule has 2 aromatic rings. The highest BCUT2D eigenvalue weighted by atomic mass is 16.6. The van der Waals surface area contributed by atoms with Crippen LogP contribution >= 0.6 is 0 Å². The number of hydrogen-bond acceptors (Lipinski definition) is 4. The Morgan fingerprint density at radius 3 is 2.94 bits per heavy atom. The van der Waals surface area contributed by atoms with Crippen molar-refractivity contribution in [1.82, 2.24) is 0 Å². The van der Waals surface area contributed by atoms with Crippen molar-refractivity contribution in [3.63, 3.8) is 0 Å². The topological polar surface area (TPSA) is 59.7 Å². The molecule has 1 aliphatic rings. The van der Waals surface area contributed by atoms with E-state index in [0.29, 0.717) is 16.9 Å². The van der Waals surface area contributed by atoms with Crippen LogP contribution in [0.3, 0.4) is 0 Å². The number of ether oxygens (including phenoxy) is 1. The number of aliphatic hydroxyl groups is 1. The number of benzene rings is 1. The Hall–Kier alpha value is -1.81. The molecule has 1 atom stereocenters. The molecule has 4 heteroatoms. The molecule has 0 amide bonds. The highest BCUT2D eigenvalue weighted by molar-refractivity contribution is 5.84. The van der Waals surface area contributed by atoms with Gasteiger partial charge in [-0.15, -0.1) is 0 Å². The van der Waals surface area contributed by atoms with Gasteiger partial charge in [0.25, 0.3) is 0 Å². The van der Waals surface area contributed by atoms with E-state index < -0.39 is 11.4 Å². The summed E-state index contributed by atoms with van der Waals surface area (Å²) >= 11 is 0. The Bertz CT molecular complexity index is 624. The third-order valence-corrected chi connectivity index (χ3v) is 2.68. The van der Waals surface area contributed by atoms with Crippen LogP contribution in [0.1, 0.15) is 12.5 Å². The molecule has 0 fully saturated rings. The molecule has 0 spiro atoms. The van der Waals surface area contributed by atoms with Crippen molar-refractivity contribution in [2.75, 3.05) is 0 Å². The van der Waals surface area contributed by atoms with Crippen LogP contribution in [0.15, 0.2) is 33.5 Å². The minimum absolute atomic E-state index is 0.162. The van der Waals surface area contributed by atoms with Gasteiger partial charge in [-0.05, 0) is 12.1 Å². The van der Waals surface area contributed by atoms with Crippen LogP contribution < -0.4 is 10.4 Å². The Morgan fingerprint density at radius 1 is 1.38 bits per heavy atom. The third-order valence-electron chi connectivity index (χ3n) is 2.68. The zero-order valence-corrected chi connectivity index (χ0v) is 8.69. The lowest BCUT2D eigenvalue weighted by atomic mass is 10.1. The molecule has 3 rings (SSSR count). The van der Waals surface area contributed by atoms with Gasteiger partial charge < -0.3 is 14.3 Å². The fourth-order valence-corrected chi connectivity index (χ4v) is 2.01. The quantitative estimate of drug-likeness (QED) is 0.679. The summed E-state index contributed by atoms with van der Waals surface area (Å²) < 4.78 is 10.5. The van der Waals surface area contributed by atoms with Crippen molar-refractivity contribution < 1.29 is 14.3 Å². The predicted molar refractivity (Wildman–Crippen MR) is 57.4 cm³/mol. The molecule has 2 heterocycles. The van der Waals surface area contributed by atoms with Crippen LogP contribution in [0.25, 0.3) is 11.0 Å². The number of fused-ring (bicyclic) bond motifs is 3. The van der Waals surface area contributed by atoms with E-state index >= 15 is 0 Å². The van der Waals surface area contributed by atoms with Gasteiger partial charge in [0.05, 0.1) is 10.9 Å². The smallest absolute Gasteiger partial charge is 0.343 e. The van der Waals surface area contributed by atoms with Crippen LogP contribution in [-0.2, 0) is 6.42 Å². The largest absolute Gasteiger partial charge is 0.461 e. The van der Waals surface area contributed by atoms with Gasteiger partial charge in [-0.25, -0.2) is 4.79 Å². The van der Waals surface area contributed by atoms with E-state index in [2.05, 4.69) is 0 Å². The van der Waals surface area contributed by atoms with E-state index in [9.17, 15) is 9.90 Å². The van der Waals surface area contributed by atoms with Crippen molar-refractivity contribution in [2.45, 2.75) is 19.1 Å². The molecule has 1 N–H and O–H groups in total. The average Bonchev–Trinajstić information content (AvgIpc) is 2.55. The summed E-state index contributed by atoms with van der Waals surface area (Å²) in [5, 5.41) is 10.5. The minimum Gasteiger partial charge on any atom is -0.461 e. The normalized spacial score (nSPS) is 23.1. The molecule has 0 radical (unpaired) electrons. The Morgan fingerprint density at radius 2 is 2.12 bits per heavy atom. The Labute approximate surface area is 91.1 Å². The second-order valence-electron chi connectivity index (χ2n) is 4.15. The molecule has 16 heavy (non-hydrogen) atoms. The second-order valence-corrected chi connectivity index (χ2v) is 4.15. The number of rotatable bonds is 0. The van der Waals surface area contributed by atoms with E-state index in [1.54, 1.807) is 18.2 Å². The molecule has 1 aromatic carbocycles. The SMILES string of the molecule is CC1(O)Cc2c(c3ccccc3oc2=O)O1. The summed E-state index contributed by atoms with van der Waals surface area (Å²) in [5.41, 5.74) is 0.444. The lowest BCUT2D eigenvalue weighted by molar-refractivity contribution is -0.103. The lowest BCUT2D eigenvalue weighted by Crippen LogP contribution is -2.29. The Balaban J connectivity index is 2.40. The molecule has 0 bridgehead atoms. The molecule has 1 aliphatic heterocycles. The summed E-state index contributed by atoms with van der Waals surface area (Å²) in [6.45, 7) is 1.53. The van der Waals surface area contributed by atoms with Crippen LogP contribution in [0.5, 0.6) is 5.75 Å². The van der Waals surface area contributed by atoms with Gasteiger partial charge in [0.1, 0.15) is 11.3 Å². The van der Waals surface area contributed by atoms with Gasteiger partial charge >= 0.3 is 5.63 Å². The zero-order chi connectivity index (χ0) is 11.3. The maximum Gasteiger partial charge on any atom is 0.343 e. The molecule has 0 saturated carbocycles. The lowest BCUT2D eigenvalue weighted by Gasteiger charge is -2.15. The number of para-hydroxylation sites is 1. The highest BCUT2D eigenvalue weighted by Crippen LogP contribution is 2.37. The standard InChI is InChI=1S/C12H10O4/c1-12(14)6-8-10(16-12)7-4-2-3-5-9(7)15-11(8)13/h2-5,14H,6H2,1H3. The minimum atomic E-state index is -1.32. The summed E-state index contributed by atoms with van der Waals surface area (Å²) in [6, 6.07) is 7.12. The third kappa shape index (κ3) is 1.23. The number of hydrogen-bond donors (Lipinski definition) is 1. The van der Waals surface area contributed by atoms with Crippen LogP contribution in [-0.4, -0.2) is 10.9 Å². The fourth-order valence-electron chi connectivity index (χ4n) is 2.01. The first-order chi connectivity index (χ1) is 7.57. The first kappa shape index (κ1) is 9.42. The van der Waals surface area contributed by atoms with E-state index in [4.69, 9.17) is 9.15 Å². The highest BCUT2D eigenvalue weighted by Gasteiger charge is 2.36. The van der Waals surface area contributed by atoms with E-state index in [1.165, 1.54) is 6.92 Å². The van der Waals surface area contributed by atoms with E-state index in [1.807, 2.05) is 6.07 Å². The molecule has 1 unspecified atom stereocenters.